The van der Waals surface area contributed by atoms with Gasteiger partial charge in [-0.1, -0.05) is 34.1 Å². The van der Waals surface area contributed by atoms with Crippen LogP contribution < -0.4 is 0 Å². The average Bonchev–Trinajstić information content (AvgIpc) is 2.49. The number of hydrogen-bond donors (Lipinski definition) is 3. The topological polar surface area (TPSA) is 77.8 Å². The molecule has 0 heterocycles. The zero-order valence-electron chi connectivity index (χ0n) is 15.4. The van der Waals surface area contributed by atoms with Crippen LogP contribution in [0.4, 0.5) is 0 Å². The minimum absolute atomic E-state index is 0.000824. The van der Waals surface area contributed by atoms with Gasteiger partial charge in [-0.2, -0.15) is 0 Å². The van der Waals surface area contributed by atoms with Gasteiger partial charge in [-0.15, -0.1) is 0 Å². The summed E-state index contributed by atoms with van der Waals surface area (Å²) < 4.78 is 0. The summed E-state index contributed by atoms with van der Waals surface area (Å²) in [6, 6.07) is 0. The molecule has 3 aliphatic carbocycles. The van der Waals surface area contributed by atoms with Crippen molar-refractivity contribution in [3.05, 3.63) is 11.1 Å². The van der Waals surface area contributed by atoms with Gasteiger partial charge in [-0.3, -0.25) is 4.79 Å². The summed E-state index contributed by atoms with van der Waals surface area (Å²) in [5, 5.41) is 31.7. The van der Waals surface area contributed by atoms with Crippen LogP contribution in [0.5, 0.6) is 0 Å². The highest BCUT2D eigenvalue weighted by molar-refractivity contribution is 5.99. The lowest BCUT2D eigenvalue weighted by Gasteiger charge is -2.58. The molecule has 1 unspecified atom stereocenters. The normalized spacial score (nSPS) is 46.1. The number of carbonyl (C=O) groups excluding carboxylic acids is 1. The summed E-state index contributed by atoms with van der Waals surface area (Å²) in [6.45, 7) is 8.19. The summed E-state index contributed by atoms with van der Waals surface area (Å²) in [7, 11) is 0. The fourth-order valence-corrected chi connectivity index (χ4v) is 5.78. The van der Waals surface area contributed by atoms with E-state index in [0.29, 0.717) is 12.8 Å². The van der Waals surface area contributed by atoms with Gasteiger partial charge in [0, 0.05) is 25.0 Å². The predicted octanol–water partition coefficient (Wildman–Crippen LogP) is 2.60. The number of aliphatic hydroxyl groups excluding tert-OH is 2. The molecular formula is C20H32O4. The zero-order valence-corrected chi connectivity index (χ0v) is 15.4. The van der Waals surface area contributed by atoms with Crippen molar-refractivity contribution in [2.24, 2.45) is 22.7 Å². The van der Waals surface area contributed by atoms with E-state index in [2.05, 4.69) is 13.8 Å². The van der Waals surface area contributed by atoms with Crippen molar-refractivity contribution >= 4 is 5.78 Å². The number of rotatable bonds is 2. The van der Waals surface area contributed by atoms with Crippen molar-refractivity contribution in [2.75, 3.05) is 6.61 Å². The first kappa shape index (κ1) is 18.1. The van der Waals surface area contributed by atoms with Crippen molar-refractivity contribution in [3.8, 4) is 0 Å². The summed E-state index contributed by atoms with van der Waals surface area (Å²) in [5.74, 6) is 0.0786. The second-order valence-electron chi connectivity index (χ2n) is 9.32. The highest BCUT2D eigenvalue weighted by Gasteiger charge is 2.58. The van der Waals surface area contributed by atoms with E-state index in [0.717, 1.165) is 30.4 Å². The summed E-state index contributed by atoms with van der Waals surface area (Å²) in [5.41, 5.74) is -0.0489. The maximum atomic E-state index is 13.1. The molecule has 3 rings (SSSR count). The first-order chi connectivity index (χ1) is 11.1. The van der Waals surface area contributed by atoms with Gasteiger partial charge >= 0.3 is 0 Å². The molecule has 5 atom stereocenters. The van der Waals surface area contributed by atoms with E-state index >= 15 is 0 Å². The van der Waals surface area contributed by atoms with Crippen LogP contribution in [0.15, 0.2) is 11.1 Å². The SMILES string of the molecule is CC(C)[C@@]1(O)CC(=O)C2=C(C1)[C@H](O)CC1[C@](C)(CO)CCC[C@]21C. The predicted molar refractivity (Wildman–Crippen MR) is 92.3 cm³/mol. The molecular weight excluding hydrogens is 304 g/mol. The lowest BCUT2D eigenvalue weighted by Crippen LogP contribution is -2.55. The van der Waals surface area contributed by atoms with E-state index in [1.54, 1.807) is 0 Å². The fraction of sp³-hybridized carbons (Fsp3) is 0.850. The van der Waals surface area contributed by atoms with Crippen molar-refractivity contribution in [1.82, 2.24) is 0 Å². The Hall–Kier alpha value is -0.710. The van der Waals surface area contributed by atoms with E-state index in [4.69, 9.17) is 0 Å². The quantitative estimate of drug-likeness (QED) is 0.724. The van der Waals surface area contributed by atoms with Crippen molar-refractivity contribution in [2.45, 2.75) is 77.9 Å². The van der Waals surface area contributed by atoms with Crippen LogP contribution in [-0.4, -0.2) is 39.4 Å². The number of Topliss-reactive ketones (excluding diaryl/α,β-unsaturated/α-hetero) is 1. The Morgan fingerprint density at radius 1 is 1.21 bits per heavy atom. The molecule has 0 saturated heterocycles. The molecule has 1 saturated carbocycles. The maximum absolute atomic E-state index is 13.1. The van der Waals surface area contributed by atoms with Gasteiger partial charge in [0.2, 0.25) is 0 Å². The van der Waals surface area contributed by atoms with Crippen LogP contribution >= 0.6 is 0 Å². The second kappa shape index (κ2) is 5.65. The summed E-state index contributed by atoms with van der Waals surface area (Å²) >= 11 is 0. The molecule has 0 bridgehead atoms. The summed E-state index contributed by atoms with van der Waals surface area (Å²) in [4.78, 5) is 13.1. The maximum Gasteiger partial charge on any atom is 0.162 e. The lowest BCUT2D eigenvalue weighted by molar-refractivity contribution is -0.131. The van der Waals surface area contributed by atoms with E-state index in [-0.39, 0.29) is 41.5 Å². The molecule has 4 heteroatoms. The van der Waals surface area contributed by atoms with Gasteiger partial charge < -0.3 is 15.3 Å². The Labute approximate surface area is 145 Å². The number of allylic oxidation sites excluding steroid dienone is 1. The van der Waals surface area contributed by atoms with Gasteiger partial charge in [0.25, 0.3) is 0 Å². The van der Waals surface area contributed by atoms with E-state index in [1.165, 1.54) is 0 Å². The monoisotopic (exact) mass is 336 g/mol. The van der Waals surface area contributed by atoms with E-state index < -0.39 is 11.7 Å². The molecule has 0 aromatic rings. The number of hydrogen-bond acceptors (Lipinski definition) is 4. The molecule has 3 N–H and O–H groups in total. The van der Waals surface area contributed by atoms with E-state index in [9.17, 15) is 20.1 Å². The average molecular weight is 336 g/mol. The first-order valence-corrected chi connectivity index (χ1v) is 9.35. The molecule has 0 spiro atoms. The third kappa shape index (κ3) is 2.41. The Kier molecular flexibility index (Phi) is 4.26. The van der Waals surface area contributed by atoms with Crippen LogP contribution in [0.2, 0.25) is 0 Å². The van der Waals surface area contributed by atoms with Gasteiger partial charge in [-0.05, 0) is 47.5 Å². The molecule has 0 amide bonds. The van der Waals surface area contributed by atoms with Crippen LogP contribution in [-0.2, 0) is 4.79 Å². The largest absolute Gasteiger partial charge is 0.396 e. The van der Waals surface area contributed by atoms with Crippen LogP contribution in [0, 0.1) is 22.7 Å². The number of ketones is 1. The molecule has 0 aromatic carbocycles. The fourth-order valence-electron chi connectivity index (χ4n) is 5.78. The molecule has 0 aliphatic heterocycles. The third-order valence-corrected chi connectivity index (χ3v) is 7.49. The number of carbonyl (C=O) groups is 1. The van der Waals surface area contributed by atoms with Gasteiger partial charge in [0.15, 0.2) is 5.78 Å². The first-order valence-electron chi connectivity index (χ1n) is 9.35. The summed E-state index contributed by atoms with van der Waals surface area (Å²) in [6.07, 6.45) is 3.27. The highest BCUT2D eigenvalue weighted by Crippen LogP contribution is 2.61. The number of aliphatic hydroxyl groups is 3. The Balaban J connectivity index is 2.10. The second-order valence-corrected chi connectivity index (χ2v) is 9.32. The van der Waals surface area contributed by atoms with Crippen LogP contribution in [0.25, 0.3) is 0 Å². The number of fused-ring (bicyclic) bond motifs is 2. The standard InChI is InChI=1S/C20H32O4/c1-12(2)20(24)9-13-14(22)8-16-18(3,11-21)6-5-7-19(16,4)17(13)15(23)10-20/h12,14,16,21-22,24H,5-11H2,1-4H3/t14-,16?,18+,19+,20+/m1/s1. The Morgan fingerprint density at radius 2 is 1.88 bits per heavy atom. The Bertz CT molecular complexity index is 580. The van der Waals surface area contributed by atoms with Crippen molar-refractivity contribution < 1.29 is 20.1 Å². The minimum atomic E-state index is -1.05. The highest BCUT2D eigenvalue weighted by atomic mass is 16.3. The van der Waals surface area contributed by atoms with Crippen LogP contribution in [0.3, 0.4) is 0 Å². The van der Waals surface area contributed by atoms with Crippen molar-refractivity contribution in [3.63, 3.8) is 0 Å². The van der Waals surface area contributed by atoms with Gasteiger partial charge in [0.05, 0.1) is 11.7 Å². The smallest absolute Gasteiger partial charge is 0.162 e. The van der Waals surface area contributed by atoms with Gasteiger partial charge in [-0.25, -0.2) is 0 Å². The van der Waals surface area contributed by atoms with Crippen molar-refractivity contribution in [1.29, 1.82) is 0 Å². The van der Waals surface area contributed by atoms with Gasteiger partial charge in [0.1, 0.15) is 0 Å². The molecule has 1 fully saturated rings. The molecule has 0 aromatic heterocycles. The molecule has 0 radical (unpaired) electrons. The van der Waals surface area contributed by atoms with E-state index in [1.807, 2.05) is 13.8 Å². The molecule has 3 aliphatic rings. The molecule has 136 valence electrons. The minimum Gasteiger partial charge on any atom is -0.396 e. The molecule has 4 nitrogen and oxygen atoms in total. The zero-order chi connectivity index (χ0) is 17.9. The van der Waals surface area contributed by atoms with Crippen LogP contribution in [0.1, 0.15) is 66.2 Å². The Morgan fingerprint density at radius 3 is 2.46 bits per heavy atom. The lowest BCUT2D eigenvalue weighted by atomic mass is 9.47. The third-order valence-electron chi connectivity index (χ3n) is 7.49. The molecule has 24 heavy (non-hydrogen) atoms.